The van der Waals surface area contributed by atoms with Gasteiger partial charge in [0.05, 0.1) is 12.1 Å². The lowest BCUT2D eigenvalue weighted by Gasteiger charge is -2.32. The smallest absolute Gasteiger partial charge is 0.231 e. The zero-order valence-electron chi connectivity index (χ0n) is 23.3. The lowest BCUT2D eigenvalue weighted by atomic mass is 9.81. The van der Waals surface area contributed by atoms with Crippen LogP contribution in [0.4, 0.5) is 4.39 Å². The van der Waals surface area contributed by atoms with Gasteiger partial charge in [0.15, 0.2) is 11.5 Å². The van der Waals surface area contributed by atoms with Crippen molar-refractivity contribution in [3.8, 4) is 17.2 Å². The zero-order valence-corrected chi connectivity index (χ0v) is 12.3. The van der Waals surface area contributed by atoms with Crippen LogP contribution in [-0.2, 0) is 0 Å². The van der Waals surface area contributed by atoms with Gasteiger partial charge in [-0.25, -0.2) is 4.39 Å². The van der Waals surface area contributed by atoms with Gasteiger partial charge in [-0.3, -0.25) is 0 Å². The van der Waals surface area contributed by atoms with E-state index < -0.39 is 80.1 Å². The van der Waals surface area contributed by atoms with Crippen molar-refractivity contribution < 1.29 is 33.7 Å². The summed E-state index contributed by atoms with van der Waals surface area (Å²) in [6.45, 7) is -6.50. The normalized spacial score (nSPS) is 38.4. The largest absolute Gasteiger partial charge is 0.493 e. The second-order valence-electron chi connectivity index (χ2n) is 5.05. The maximum atomic E-state index is 14.2. The first-order chi connectivity index (χ1) is 16.0. The molecule has 0 saturated carbocycles. The summed E-state index contributed by atoms with van der Waals surface area (Å²) in [5.41, 5.74) is -0.630. The number of benzene rings is 2. The molecule has 1 unspecified atom stereocenters. The van der Waals surface area contributed by atoms with E-state index in [1.165, 1.54) is 18.2 Å². The van der Waals surface area contributed by atoms with Crippen molar-refractivity contribution in [1.29, 1.82) is 0 Å². The number of halogens is 1. The summed E-state index contributed by atoms with van der Waals surface area (Å²) in [6, 6.07) is 0.00391. The van der Waals surface area contributed by atoms with Gasteiger partial charge in [-0.05, 0) is 48.6 Å². The van der Waals surface area contributed by atoms with E-state index in [0.717, 1.165) is 0 Å². The Morgan fingerprint density at radius 1 is 1.29 bits per heavy atom. The molecular weight excluding hydrogens is 309 g/mol. The Kier molecular flexibility index (Phi) is 2.04. The summed E-state index contributed by atoms with van der Waals surface area (Å²) in [6.07, 6.45) is -2.45. The Morgan fingerprint density at radius 2 is 2.12 bits per heavy atom. The summed E-state index contributed by atoms with van der Waals surface area (Å²) in [5.74, 6) is -5.82. The minimum Gasteiger partial charge on any atom is -0.493 e. The number of fused-ring (bicyclic) bond motifs is 1. The number of rotatable bonds is 4. The van der Waals surface area contributed by atoms with Crippen LogP contribution in [0.5, 0.6) is 17.2 Å². The predicted molar refractivity (Wildman–Crippen MR) is 88.2 cm³/mol. The summed E-state index contributed by atoms with van der Waals surface area (Å²) >= 11 is 0. The third kappa shape index (κ3) is 3.17. The van der Waals surface area contributed by atoms with Crippen molar-refractivity contribution in [3.05, 3.63) is 53.7 Å². The Bertz CT molecular complexity index is 1170. The molecule has 1 fully saturated rings. The lowest BCUT2D eigenvalue weighted by molar-refractivity contribution is 0.173. The molecule has 126 valence electrons. The molecule has 0 spiro atoms. The van der Waals surface area contributed by atoms with Crippen LogP contribution in [0.2, 0.25) is 0 Å². The molecule has 24 heavy (non-hydrogen) atoms. The number of hydrogen-bond donors (Lipinski definition) is 1. The Labute approximate surface area is 156 Å². The minimum atomic E-state index is -2.64. The summed E-state index contributed by atoms with van der Waals surface area (Å²) in [4.78, 5) is 0. The maximum Gasteiger partial charge on any atom is 0.231 e. The van der Waals surface area contributed by atoms with Crippen molar-refractivity contribution in [1.82, 2.24) is 5.32 Å². The predicted octanol–water partition coefficient (Wildman–Crippen LogP) is 3.33. The Morgan fingerprint density at radius 3 is 3.00 bits per heavy atom. The van der Waals surface area contributed by atoms with Crippen molar-refractivity contribution in [2.75, 3.05) is 26.4 Å². The first-order valence-electron chi connectivity index (χ1n) is 12.7. The fourth-order valence-corrected chi connectivity index (χ4v) is 2.37. The van der Waals surface area contributed by atoms with Crippen LogP contribution in [0.3, 0.4) is 0 Å². The van der Waals surface area contributed by atoms with E-state index in [0.29, 0.717) is 0 Å². The van der Waals surface area contributed by atoms with E-state index in [1.807, 2.05) is 0 Å². The van der Waals surface area contributed by atoms with Gasteiger partial charge < -0.3 is 19.5 Å². The molecule has 2 aromatic carbocycles. The van der Waals surface area contributed by atoms with Gasteiger partial charge in [0.1, 0.15) is 14.3 Å². The van der Waals surface area contributed by atoms with Crippen molar-refractivity contribution >= 4 is 0 Å². The molecule has 4 rings (SSSR count). The summed E-state index contributed by atoms with van der Waals surface area (Å²) in [5, 5.41) is 2.31. The first-order valence-corrected chi connectivity index (χ1v) is 7.16. The minimum absolute atomic E-state index is 0.0102. The quantitative estimate of drug-likeness (QED) is 0.927. The number of hydrogen-bond acceptors (Lipinski definition) is 4. The van der Waals surface area contributed by atoms with Crippen molar-refractivity contribution in [2.45, 2.75) is 12.3 Å². The maximum absolute atomic E-state index is 14.2. The molecule has 0 bridgehead atoms. The fraction of sp³-hybridized carbons (Fsp3) is 0.368. The molecule has 0 aliphatic carbocycles. The Hall–Kier alpha value is -2.27. The van der Waals surface area contributed by atoms with Gasteiger partial charge in [0.25, 0.3) is 0 Å². The van der Waals surface area contributed by atoms with Crippen LogP contribution >= 0.6 is 0 Å². The Balaban J connectivity index is 1.78. The van der Waals surface area contributed by atoms with Crippen LogP contribution in [-0.4, -0.2) is 26.4 Å². The molecule has 2 atom stereocenters. The highest BCUT2D eigenvalue weighted by Crippen LogP contribution is 2.36. The molecule has 1 saturated heterocycles. The van der Waals surface area contributed by atoms with Crippen molar-refractivity contribution in [3.63, 3.8) is 0 Å². The molecule has 0 radical (unpaired) electrons. The monoisotopic (exact) mass is 340 g/mol. The van der Waals surface area contributed by atoms with Crippen LogP contribution in [0.1, 0.15) is 32.9 Å². The second-order valence-corrected chi connectivity index (χ2v) is 5.05. The van der Waals surface area contributed by atoms with E-state index in [1.54, 1.807) is 0 Å². The van der Waals surface area contributed by atoms with Gasteiger partial charge in [-0.2, -0.15) is 0 Å². The molecule has 0 aromatic heterocycles. The lowest BCUT2D eigenvalue weighted by Crippen LogP contribution is -2.38. The fourth-order valence-electron chi connectivity index (χ4n) is 2.37. The molecule has 4 nitrogen and oxygen atoms in total. The topological polar surface area (TPSA) is 39.7 Å². The van der Waals surface area contributed by atoms with Crippen LogP contribution in [0, 0.1) is 11.7 Å². The van der Waals surface area contributed by atoms with Crippen LogP contribution in [0.15, 0.2) is 42.4 Å². The molecule has 2 heterocycles. The highest BCUT2D eigenvalue weighted by molar-refractivity contribution is 5.46. The van der Waals surface area contributed by atoms with E-state index in [4.69, 9.17) is 29.3 Å². The average molecular weight is 340 g/mol. The van der Waals surface area contributed by atoms with Gasteiger partial charge >= 0.3 is 0 Å². The molecule has 5 heteroatoms. The van der Waals surface area contributed by atoms with E-state index >= 15 is 0 Å². The molecule has 2 aliphatic heterocycles. The van der Waals surface area contributed by atoms with Crippen molar-refractivity contribution in [2.24, 2.45) is 5.89 Å². The van der Waals surface area contributed by atoms with E-state index in [9.17, 15) is 4.39 Å². The molecule has 0 amide bonds. The highest BCUT2D eigenvalue weighted by atomic mass is 19.1. The number of nitrogens with one attached hydrogen (secondary N) is 1. The van der Waals surface area contributed by atoms with Gasteiger partial charge in [0, 0.05) is 25.3 Å². The second kappa shape index (κ2) is 6.69. The molecular formula is C19H20FNO3. The molecule has 2 aromatic rings. The average Bonchev–Trinajstić information content (AvgIpc) is 3.08. The van der Waals surface area contributed by atoms with Gasteiger partial charge in [-0.15, -0.1) is 0 Å². The number of ether oxygens (including phenoxy) is 3. The van der Waals surface area contributed by atoms with Gasteiger partial charge in [-0.1, -0.05) is 12.1 Å². The summed E-state index contributed by atoms with van der Waals surface area (Å²) < 4.78 is 119. The highest BCUT2D eigenvalue weighted by Gasteiger charge is 2.27. The molecule has 2 aliphatic rings. The third-order valence-corrected chi connectivity index (χ3v) is 3.51. The zero-order chi connectivity index (χ0) is 26.1. The number of piperidine rings is 1. The SMILES string of the molecule is [2H]c1c([2H])c(C2C([2H])([2H])CNC([2H])([2H])[C@]2([2H])COc2ccc3c(c2)OC([2H])([2H])O3)c([2H])c([2H])c1F. The van der Waals surface area contributed by atoms with Crippen LogP contribution in [0.25, 0.3) is 0 Å². The first kappa shape index (κ1) is 7.31. The van der Waals surface area contributed by atoms with Crippen LogP contribution < -0.4 is 19.5 Å². The standard InChI is InChI=1S/C19H20FNO3/c20-15-3-1-13(2-4-15)17-7-8-21-10-14(17)11-22-16-5-6-18-19(9-16)24-12-23-18/h1-6,9,14,17,21H,7-8,10-12H2/t14-,17?/m1/s1/i1D,2D,3D,4D,7D2,10D2,12D2,14D. The molecule has 1 N–H and O–H groups in total. The third-order valence-electron chi connectivity index (χ3n) is 3.51. The summed E-state index contributed by atoms with van der Waals surface area (Å²) in [7, 11) is 0. The van der Waals surface area contributed by atoms with E-state index in [-0.39, 0.29) is 17.2 Å². The van der Waals surface area contributed by atoms with E-state index in [2.05, 4.69) is 5.32 Å². The van der Waals surface area contributed by atoms with Gasteiger partial charge in [0.2, 0.25) is 6.75 Å².